The number of rotatable bonds is 2. The predicted molar refractivity (Wildman–Crippen MR) is 75.6 cm³/mol. The lowest BCUT2D eigenvalue weighted by atomic mass is 9.81. The van der Waals surface area contributed by atoms with Gasteiger partial charge in [0.1, 0.15) is 0 Å². The van der Waals surface area contributed by atoms with Gasteiger partial charge in [0.25, 0.3) is 0 Å². The number of nitrogens with zero attached hydrogens (tertiary/aromatic N) is 2. The summed E-state index contributed by atoms with van der Waals surface area (Å²) in [4.78, 5) is 12.7. The van der Waals surface area contributed by atoms with Crippen LogP contribution >= 0.6 is 11.8 Å². The van der Waals surface area contributed by atoms with Crippen LogP contribution in [0.15, 0.2) is 6.20 Å². The van der Waals surface area contributed by atoms with Crippen LogP contribution < -0.4 is 0 Å². The Balaban J connectivity index is 1.78. The number of ether oxygens (including phenoxy) is 1. The molecule has 19 heavy (non-hydrogen) atoms. The first-order chi connectivity index (χ1) is 9.10. The number of hydrogen-bond acceptors (Lipinski definition) is 4. The van der Waals surface area contributed by atoms with Crippen LogP contribution in [0.4, 0.5) is 0 Å². The third kappa shape index (κ3) is 2.46. The van der Waals surface area contributed by atoms with Gasteiger partial charge in [-0.1, -0.05) is 0 Å². The minimum Gasteiger partial charge on any atom is -0.374 e. The van der Waals surface area contributed by atoms with Crippen LogP contribution in [0, 0.1) is 12.8 Å². The summed E-state index contributed by atoms with van der Waals surface area (Å²) in [7, 11) is 1.86. The zero-order valence-corrected chi connectivity index (χ0v) is 12.3. The number of carbonyl (C=O) groups excluding carboxylic acids is 1. The Hall–Kier alpha value is -0.810. The predicted octanol–water partition coefficient (Wildman–Crippen LogP) is 2.21. The summed E-state index contributed by atoms with van der Waals surface area (Å²) in [6.07, 6.45) is 4.67. The monoisotopic (exact) mass is 280 g/mol. The fraction of sp³-hybridized carbons (Fsp3) is 0.714. The molecular weight excluding hydrogens is 260 g/mol. The zero-order chi connectivity index (χ0) is 13.5. The maximum Gasteiger partial charge on any atom is 0.169 e. The average Bonchev–Trinajstić information content (AvgIpc) is 2.96. The van der Waals surface area contributed by atoms with E-state index >= 15 is 0 Å². The van der Waals surface area contributed by atoms with Crippen LogP contribution in [0.25, 0.3) is 0 Å². The quantitative estimate of drug-likeness (QED) is 0.779. The van der Waals surface area contributed by atoms with Gasteiger partial charge >= 0.3 is 0 Å². The van der Waals surface area contributed by atoms with Crippen molar-refractivity contribution in [2.24, 2.45) is 13.0 Å². The number of aromatic nitrogens is 2. The fourth-order valence-electron chi connectivity index (χ4n) is 3.18. The Morgan fingerprint density at radius 2 is 2.47 bits per heavy atom. The third-order valence-electron chi connectivity index (χ3n) is 4.21. The number of Topliss-reactive ketones (excluding diaryl/α,β-unsaturated/α-hetero) is 1. The lowest BCUT2D eigenvalue weighted by Crippen LogP contribution is -2.42. The van der Waals surface area contributed by atoms with Gasteiger partial charge in [-0.15, -0.1) is 0 Å². The van der Waals surface area contributed by atoms with Crippen molar-refractivity contribution in [2.75, 3.05) is 18.1 Å². The van der Waals surface area contributed by atoms with Crippen LogP contribution in [0.3, 0.4) is 0 Å². The summed E-state index contributed by atoms with van der Waals surface area (Å²) in [6.45, 7) is 2.63. The van der Waals surface area contributed by atoms with Crippen molar-refractivity contribution in [2.45, 2.75) is 31.8 Å². The van der Waals surface area contributed by atoms with Gasteiger partial charge in [-0.05, 0) is 31.9 Å². The van der Waals surface area contributed by atoms with Crippen molar-refractivity contribution in [3.8, 4) is 0 Å². The molecule has 2 aliphatic heterocycles. The highest BCUT2D eigenvalue weighted by Gasteiger charge is 2.42. The minimum atomic E-state index is -0.0284. The number of ketones is 1. The topological polar surface area (TPSA) is 44.1 Å². The molecule has 0 radical (unpaired) electrons. The summed E-state index contributed by atoms with van der Waals surface area (Å²) in [6, 6.07) is 0. The van der Waals surface area contributed by atoms with Crippen LogP contribution in [0.1, 0.15) is 35.3 Å². The highest BCUT2D eigenvalue weighted by molar-refractivity contribution is 7.99. The summed E-state index contributed by atoms with van der Waals surface area (Å²) in [5.41, 5.74) is 1.60. The second-order valence-electron chi connectivity index (χ2n) is 5.69. The molecule has 0 amide bonds. The maximum absolute atomic E-state index is 12.7. The molecule has 1 spiro atoms. The van der Waals surface area contributed by atoms with E-state index in [1.807, 2.05) is 31.9 Å². The summed E-state index contributed by atoms with van der Waals surface area (Å²) in [5.74, 6) is 2.57. The lowest BCUT2D eigenvalue weighted by molar-refractivity contribution is -0.0734. The molecule has 2 saturated heterocycles. The molecule has 5 heteroatoms. The second-order valence-corrected chi connectivity index (χ2v) is 6.80. The first-order valence-corrected chi connectivity index (χ1v) is 8.01. The molecule has 3 heterocycles. The van der Waals surface area contributed by atoms with E-state index in [9.17, 15) is 4.79 Å². The van der Waals surface area contributed by atoms with E-state index in [-0.39, 0.29) is 17.3 Å². The van der Waals surface area contributed by atoms with Gasteiger partial charge < -0.3 is 4.74 Å². The van der Waals surface area contributed by atoms with E-state index < -0.39 is 0 Å². The number of hydrogen-bond donors (Lipinski definition) is 0. The summed E-state index contributed by atoms with van der Waals surface area (Å²) < 4.78 is 7.71. The highest BCUT2D eigenvalue weighted by atomic mass is 32.2. The summed E-state index contributed by atoms with van der Waals surface area (Å²) in [5, 5.41) is 4.28. The van der Waals surface area contributed by atoms with Crippen molar-refractivity contribution in [3.05, 3.63) is 17.5 Å². The molecule has 0 bridgehead atoms. The Bertz CT molecular complexity index is 492. The molecule has 0 saturated carbocycles. The standard InChI is InChI=1S/C14H20N2O2S/c1-10-12(8-16(2)15-10)13(17)11-3-5-18-14(7-11)4-6-19-9-14/h8,11H,3-7,9H2,1-2H3. The van der Waals surface area contributed by atoms with E-state index in [1.54, 1.807) is 4.68 Å². The zero-order valence-electron chi connectivity index (χ0n) is 11.5. The third-order valence-corrected chi connectivity index (χ3v) is 5.43. The molecule has 0 aliphatic carbocycles. The van der Waals surface area contributed by atoms with Crippen molar-refractivity contribution < 1.29 is 9.53 Å². The SMILES string of the molecule is Cc1nn(C)cc1C(=O)C1CCOC2(CCSC2)C1. The largest absolute Gasteiger partial charge is 0.374 e. The van der Waals surface area contributed by atoms with Crippen molar-refractivity contribution >= 4 is 17.5 Å². The Labute approximate surface area is 117 Å². The van der Waals surface area contributed by atoms with Gasteiger partial charge in [-0.25, -0.2) is 0 Å². The molecule has 1 aromatic rings. The normalized spacial score (nSPS) is 30.9. The second kappa shape index (κ2) is 4.94. The van der Waals surface area contributed by atoms with Crippen molar-refractivity contribution in [1.82, 2.24) is 9.78 Å². The van der Waals surface area contributed by atoms with Crippen LogP contribution in [0.2, 0.25) is 0 Å². The Morgan fingerprint density at radius 3 is 3.11 bits per heavy atom. The smallest absolute Gasteiger partial charge is 0.169 e. The van der Waals surface area contributed by atoms with E-state index in [1.165, 1.54) is 0 Å². The fourth-order valence-corrected chi connectivity index (χ4v) is 4.55. The molecule has 0 aromatic carbocycles. The average molecular weight is 280 g/mol. The van der Waals surface area contributed by atoms with E-state index in [0.29, 0.717) is 0 Å². The molecule has 2 atom stereocenters. The minimum absolute atomic E-state index is 0.0284. The van der Waals surface area contributed by atoms with Gasteiger partial charge in [0.2, 0.25) is 0 Å². The molecule has 2 aliphatic rings. The molecule has 104 valence electrons. The maximum atomic E-state index is 12.7. The van der Waals surface area contributed by atoms with Gasteiger partial charge in [-0.2, -0.15) is 16.9 Å². The van der Waals surface area contributed by atoms with Gasteiger partial charge in [-0.3, -0.25) is 9.48 Å². The number of aryl methyl sites for hydroxylation is 2. The Kier molecular flexibility index (Phi) is 3.43. The van der Waals surface area contributed by atoms with Gasteiger partial charge in [0.05, 0.1) is 16.9 Å². The molecule has 1 aromatic heterocycles. The van der Waals surface area contributed by atoms with Crippen molar-refractivity contribution in [3.63, 3.8) is 0 Å². The number of carbonyl (C=O) groups is 1. The highest BCUT2D eigenvalue weighted by Crippen LogP contribution is 2.41. The molecule has 2 unspecified atom stereocenters. The Morgan fingerprint density at radius 1 is 1.63 bits per heavy atom. The van der Waals surface area contributed by atoms with E-state index in [4.69, 9.17) is 4.74 Å². The first kappa shape index (κ1) is 13.2. The number of thioether (sulfide) groups is 1. The van der Waals surface area contributed by atoms with Crippen LogP contribution in [0.5, 0.6) is 0 Å². The van der Waals surface area contributed by atoms with Gasteiger partial charge in [0.15, 0.2) is 5.78 Å². The molecule has 3 rings (SSSR count). The van der Waals surface area contributed by atoms with Crippen LogP contribution in [-0.2, 0) is 11.8 Å². The first-order valence-electron chi connectivity index (χ1n) is 6.86. The van der Waals surface area contributed by atoms with Crippen molar-refractivity contribution in [1.29, 1.82) is 0 Å². The summed E-state index contributed by atoms with van der Waals surface area (Å²) >= 11 is 1.94. The lowest BCUT2D eigenvalue weighted by Gasteiger charge is -2.37. The molecular formula is C14H20N2O2S. The van der Waals surface area contributed by atoms with E-state index in [2.05, 4.69) is 5.10 Å². The van der Waals surface area contributed by atoms with Crippen LogP contribution in [-0.4, -0.2) is 39.3 Å². The molecule has 4 nitrogen and oxygen atoms in total. The van der Waals surface area contributed by atoms with E-state index in [0.717, 1.165) is 48.6 Å². The molecule has 2 fully saturated rings. The van der Waals surface area contributed by atoms with Gasteiger partial charge in [0, 0.05) is 31.5 Å². The molecule has 0 N–H and O–H groups in total.